The van der Waals surface area contributed by atoms with E-state index >= 15 is 0 Å². The largest absolute Gasteiger partial charge is 0.384 e. The molecule has 4 aromatic rings. The fourth-order valence-electron chi connectivity index (χ4n) is 3.93. The number of hydrogen-bond donors (Lipinski definition) is 2. The van der Waals surface area contributed by atoms with Gasteiger partial charge in [-0.2, -0.15) is 0 Å². The second kappa shape index (κ2) is 8.49. The average molecular weight is 501 g/mol. The Balaban J connectivity index is 1.27. The maximum atomic E-state index is 12.9. The highest BCUT2D eigenvalue weighted by molar-refractivity contribution is 7.93. The number of carbonyl (C=O) groups excluding carboxylic acids is 1. The number of piperidine rings is 1. The Hall–Kier alpha value is -2.86. The van der Waals surface area contributed by atoms with E-state index in [0.717, 1.165) is 9.58 Å². The van der Waals surface area contributed by atoms with Crippen molar-refractivity contribution in [3.8, 4) is 0 Å². The fourth-order valence-corrected chi connectivity index (χ4v) is 6.66. The Labute approximate surface area is 198 Å². The van der Waals surface area contributed by atoms with Crippen LogP contribution in [0.25, 0.3) is 10.2 Å². The lowest BCUT2D eigenvalue weighted by Crippen LogP contribution is -2.44. The number of thiazole rings is 1. The summed E-state index contributed by atoms with van der Waals surface area (Å²) in [5, 5.41) is 10.9. The zero-order valence-corrected chi connectivity index (χ0v) is 19.8. The summed E-state index contributed by atoms with van der Waals surface area (Å²) < 4.78 is 33.2. The number of aromatic nitrogens is 2. The standard InChI is InChI=1S/C22H20N4O4S3/c27-21(26-12-9-22(28,10-13-26)19-8-11-24-32-19)15-4-6-16(7-5-15)25-33(29,30)18-3-1-2-17-20(18)23-14-31-17/h1-8,11,14,25,28H,9-10,12-13H2. The van der Waals surface area contributed by atoms with Crippen molar-refractivity contribution in [3.05, 3.63) is 70.7 Å². The molecule has 8 nitrogen and oxygen atoms in total. The first-order valence-corrected chi connectivity index (χ1v) is 13.4. The number of benzene rings is 2. The molecule has 2 aromatic heterocycles. The molecule has 5 rings (SSSR count). The van der Waals surface area contributed by atoms with Gasteiger partial charge in [0.15, 0.2) is 0 Å². The van der Waals surface area contributed by atoms with E-state index < -0.39 is 15.6 Å². The van der Waals surface area contributed by atoms with E-state index in [4.69, 9.17) is 0 Å². The van der Waals surface area contributed by atoms with Crippen LogP contribution in [0.2, 0.25) is 0 Å². The van der Waals surface area contributed by atoms with Crippen LogP contribution in [-0.4, -0.2) is 46.8 Å². The maximum absolute atomic E-state index is 12.9. The number of fused-ring (bicyclic) bond motifs is 1. The lowest BCUT2D eigenvalue weighted by molar-refractivity contribution is -0.0183. The van der Waals surface area contributed by atoms with Crippen molar-refractivity contribution in [1.29, 1.82) is 0 Å². The summed E-state index contributed by atoms with van der Waals surface area (Å²) in [7, 11) is -3.83. The van der Waals surface area contributed by atoms with Gasteiger partial charge in [-0.05, 0) is 66.8 Å². The summed E-state index contributed by atoms with van der Waals surface area (Å²) in [5.41, 5.74) is 1.92. The lowest BCUT2D eigenvalue weighted by atomic mass is 9.89. The Kier molecular flexibility index (Phi) is 5.65. The van der Waals surface area contributed by atoms with Crippen molar-refractivity contribution >= 4 is 54.7 Å². The van der Waals surface area contributed by atoms with Crippen LogP contribution in [0.1, 0.15) is 28.1 Å². The molecule has 33 heavy (non-hydrogen) atoms. The molecule has 1 saturated heterocycles. The molecule has 1 aliphatic heterocycles. The van der Waals surface area contributed by atoms with Gasteiger partial charge in [0.1, 0.15) is 16.0 Å². The molecule has 0 aliphatic carbocycles. The van der Waals surface area contributed by atoms with E-state index in [1.54, 1.807) is 46.9 Å². The van der Waals surface area contributed by atoms with Gasteiger partial charge in [-0.3, -0.25) is 9.52 Å². The Morgan fingerprint density at radius 2 is 1.85 bits per heavy atom. The summed E-state index contributed by atoms with van der Waals surface area (Å²) >= 11 is 2.65. The van der Waals surface area contributed by atoms with Crippen molar-refractivity contribution in [1.82, 2.24) is 14.3 Å². The summed E-state index contributed by atoms with van der Waals surface area (Å²) in [6, 6.07) is 13.2. The van der Waals surface area contributed by atoms with Crippen LogP contribution in [-0.2, 0) is 15.6 Å². The number of carbonyl (C=O) groups is 1. The number of nitrogens with one attached hydrogen (secondary N) is 1. The minimum absolute atomic E-state index is 0.114. The molecule has 0 bridgehead atoms. The minimum Gasteiger partial charge on any atom is -0.384 e. The molecule has 3 heterocycles. The Bertz CT molecular complexity index is 1390. The number of aliphatic hydroxyl groups is 1. The third-order valence-electron chi connectivity index (χ3n) is 5.77. The molecule has 2 aromatic carbocycles. The molecule has 1 fully saturated rings. The first-order chi connectivity index (χ1) is 15.9. The summed E-state index contributed by atoms with van der Waals surface area (Å²) in [5.74, 6) is -0.150. The first-order valence-electron chi connectivity index (χ1n) is 10.2. The number of amides is 1. The zero-order chi connectivity index (χ0) is 23.1. The topological polar surface area (TPSA) is 112 Å². The van der Waals surface area contributed by atoms with E-state index in [9.17, 15) is 18.3 Å². The van der Waals surface area contributed by atoms with Crippen LogP contribution in [0.5, 0.6) is 0 Å². The second-order valence-electron chi connectivity index (χ2n) is 7.84. The predicted molar refractivity (Wildman–Crippen MR) is 128 cm³/mol. The van der Waals surface area contributed by atoms with Crippen molar-refractivity contribution in [2.75, 3.05) is 17.8 Å². The lowest BCUT2D eigenvalue weighted by Gasteiger charge is -2.37. The molecule has 1 amide bonds. The molecule has 0 spiro atoms. The normalized spacial score (nSPS) is 16.1. The maximum Gasteiger partial charge on any atom is 0.264 e. The molecule has 0 unspecified atom stereocenters. The van der Waals surface area contributed by atoms with E-state index in [0.29, 0.717) is 42.7 Å². The number of likely N-dealkylation sites (tertiary alicyclic amines) is 1. The number of nitrogens with zero attached hydrogens (tertiary/aromatic N) is 3. The van der Waals surface area contributed by atoms with Gasteiger partial charge in [0.05, 0.1) is 15.1 Å². The number of rotatable bonds is 5. The van der Waals surface area contributed by atoms with Crippen LogP contribution in [0, 0.1) is 0 Å². The fraction of sp³-hybridized carbons (Fsp3) is 0.227. The molecule has 1 aliphatic rings. The molecule has 0 radical (unpaired) electrons. The van der Waals surface area contributed by atoms with Gasteiger partial charge in [0, 0.05) is 30.5 Å². The van der Waals surface area contributed by atoms with Gasteiger partial charge in [0.2, 0.25) is 0 Å². The molecule has 0 atom stereocenters. The highest BCUT2D eigenvalue weighted by Gasteiger charge is 2.36. The van der Waals surface area contributed by atoms with Crippen LogP contribution in [0.15, 0.2) is 65.1 Å². The van der Waals surface area contributed by atoms with Crippen LogP contribution in [0.3, 0.4) is 0 Å². The molecular weight excluding hydrogens is 480 g/mol. The molecule has 11 heteroatoms. The van der Waals surface area contributed by atoms with Crippen molar-refractivity contribution < 1.29 is 18.3 Å². The second-order valence-corrected chi connectivity index (χ2v) is 11.2. The van der Waals surface area contributed by atoms with Crippen molar-refractivity contribution in [3.63, 3.8) is 0 Å². The highest BCUT2D eigenvalue weighted by atomic mass is 32.2. The van der Waals surface area contributed by atoms with Crippen LogP contribution >= 0.6 is 22.9 Å². The van der Waals surface area contributed by atoms with Gasteiger partial charge in [0.25, 0.3) is 15.9 Å². The summed E-state index contributed by atoms with van der Waals surface area (Å²) in [4.78, 5) is 19.7. The smallest absolute Gasteiger partial charge is 0.264 e. The number of hydrogen-bond acceptors (Lipinski definition) is 8. The summed E-state index contributed by atoms with van der Waals surface area (Å²) in [6.07, 6.45) is 2.56. The highest BCUT2D eigenvalue weighted by Crippen LogP contribution is 2.35. The summed E-state index contributed by atoms with van der Waals surface area (Å²) in [6.45, 7) is 0.860. The first kappa shape index (κ1) is 22.0. The number of para-hydroxylation sites is 1. The van der Waals surface area contributed by atoms with Gasteiger partial charge >= 0.3 is 0 Å². The van der Waals surface area contributed by atoms with Crippen molar-refractivity contribution in [2.24, 2.45) is 0 Å². The molecular formula is C22H20N4O4S3. The van der Waals surface area contributed by atoms with Gasteiger partial charge < -0.3 is 10.0 Å². The van der Waals surface area contributed by atoms with Gasteiger partial charge in [-0.1, -0.05) is 6.07 Å². The van der Waals surface area contributed by atoms with E-state index in [-0.39, 0.29) is 10.8 Å². The van der Waals surface area contributed by atoms with Gasteiger partial charge in [-0.15, -0.1) is 11.3 Å². The van der Waals surface area contributed by atoms with E-state index in [1.807, 2.05) is 12.1 Å². The monoisotopic (exact) mass is 500 g/mol. The van der Waals surface area contributed by atoms with E-state index in [2.05, 4.69) is 14.1 Å². The number of sulfonamides is 1. The quantitative estimate of drug-likeness (QED) is 0.432. The molecule has 0 saturated carbocycles. The molecule has 2 N–H and O–H groups in total. The SMILES string of the molecule is O=C(c1ccc(NS(=O)(=O)c2cccc3scnc23)cc1)N1CCC(O)(c2ccns2)CC1. The van der Waals surface area contributed by atoms with Gasteiger partial charge in [-0.25, -0.2) is 17.8 Å². The van der Waals surface area contributed by atoms with Crippen LogP contribution < -0.4 is 4.72 Å². The number of anilines is 1. The van der Waals surface area contributed by atoms with E-state index in [1.165, 1.54) is 28.9 Å². The van der Waals surface area contributed by atoms with Crippen LogP contribution in [0.4, 0.5) is 5.69 Å². The Morgan fingerprint density at radius 3 is 2.55 bits per heavy atom. The third-order valence-corrected chi connectivity index (χ3v) is 8.92. The zero-order valence-electron chi connectivity index (χ0n) is 17.3. The predicted octanol–water partition coefficient (Wildman–Crippen LogP) is 3.68. The minimum atomic E-state index is -3.83. The Morgan fingerprint density at radius 1 is 1.09 bits per heavy atom. The molecule has 170 valence electrons. The third kappa shape index (κ3) is 4.24. The van der Waals surface area contributed by atoms with Crippen molar-refractivity contribution in [2.45, 2.75) is 23.3 Å². The average Bonchev–Trinajstić information content (AvgIpc) is 3.52.